The Balaban J connectivity index is 1.89. The van der Waals surface area contributed by atoms with E-state index in [1.807, 2.05) is 0 Å². The summed E-state index contributed by atoms with van der Waals surface area (Å²) in [6.07, 6.45) is 2.80. The molecule has 2 unspecified atom stereocenters. The molecule has 4 heteroatoms. The van der Waals surface area contributed by atoms with Crippen LogP contribution < -0.4 is 10.6 Å². The quantitative estimate of drug-likeness (QED) is 0.736. The Kier molecular flexibility index (Phi) is 2.24. The summed E-state index contributed by atoms with van der Waals surface area (Å²) in [5.74, 6) is -0.233. The first-order valence-corrected chi connectivity index (χ1v) is 5.68. The highest BCUT2D eigenvalue weighted by Gasteiger charge is 2.34. The van der Waals surface area contributed by atoms with Crippen LogP contribution in [0.15, 0.2) is 18.2 Å². The summed E-state index contributed by atoms with van der Waals surface area (Å²) < 4.78 is 18.9. The number of nitrogen functional groups attached to an aromatic ring is 1. The van der Waals surface area contributed by atoms with Crippen LogP contribution in [0.4, 0.5) is 15.8 Å². The van der Waals surface area contributed by atoms with Gasteiger partial charge in [-0.15, -0.1) is 0 Å². The second-order valence-corrected chi connectivity index (χ2v) is 4.57. The van der Waals surface area contributed by atoms with E-state index in [2.05, 4.69) is 4.90 Å². The molecule has 0 aromatic heterocycles. The minimum Gasteiger partial charge on any atom is -0.397 e. The second-order valence-electron chi connectivity index (χ2n) is 4.57. The molecule has 86 valence electrons. The summed E-state index contributed by atoms with van der Waals surface area (Å²) in [6.45, 7) is 1.65. The van der Waals surface area contributed by atoms with Crippen molar-refractivity contribution in [3.05, 3.63) is 24.0 Å². The maximum Gasteiger partial charge on any atom is 0.125 e. The lowest BCUT2D eigenvalue weighted by atomic mass is 10.2. The topological polar surface area (TPSA) is 38.5 Å². The average Bonchev–Trinajstić information content (AvgIpc) is 2.61. The summed E-state index contributed by atoms with van der Waals surface area (Å²) in [5, 5.41) is 0. The molecule has 0 radical (unpaired) electrons. The maximum atomic E-state index is 13.2. The van der Waals surface area contributed by atoms with Gasteiger partial charge in [0.1, 0.15) is 5.82 Å². The molecule has 2 fully saturated rings. The minimum absolute atomic E-state index is 0.233. The molecule has 2 aliphatic heterocycles. The smallest absolute Gasteiger partial charge is 0.125 e. The lowest BCUT2D eigenvalue weighted by molar-refractivity contribution is 0.0305. The van der Waals surface area contributed by atoms with Crippen LogP contribution in [0.1, 0.15) is 12.8 Å². The zero-order valence-electron chi connectivity index (χ0n) is 9.03. The van der Waals surface area contributed by atoms with Gasteiger partial charge in [0.25, 0.3) is 0 Å². The standard InChI is InChI=1S/C12H15FN2O/c13-8-1-4-11(14)12(5-8)15-6-9-2-3-10(7-15)16-9/h1,4-5,9-10H,2-3,6-7,14H2. The van der Waals surface area contributed by atoms with Crippen molar-refractivity contribution in [1.82, 2.24) is 0 Å². The zero-order valence-corrected chi connectivity index (χ0v) is 9.03. The minimum atomic E-state index is -0.233. The van der Waals surface area contributed by atoms with E-state index < -0.39 is 0 Å². The highest BCUT2D eigenvalue weighted by atomic mass is 19.1. The molecule has 0 aliphatic carbocycles. The Labute approximate surface area is 94.0 Å². The van der Waals surface area contributed by atoms with Gasteiger partial charge < -0.3 is 15.4 Å². The number of morpholine rings is 1. The Bertz CT molecular complexity index is 398. The van der Waals surface area contributed by atoms with Gasteiger partial charge in [-0.25, -0.2) is 4.39 Å². The van der Waals surface area contributed by atoms with Gasteiger partial charge in [-0.05, 0) is 31.0 Å². The fourth-order valence-corrected chi connectivity index (χ4v) is 2.60. The number of anilines is 2. The number of nitrogens with two attached hydrogens (primary N) is 1. The van der Waals surface area contributed by atoms with Gasteiger partial charge in [-0.2, -0.15) is 0 Å². The Morgan fingerprint density at radius 2 is 1.94 bits per heavy atom. The van der Waals surface area contributed by atoms with E-state index in [0.29, 0.717) is 17.9 Å². The molecule has 1 aromatic carbocycles. The van der Waals surface area contributed by atoms with E-state index in [-0.39, 0.29) is 5.82 Å². The molecule has 2 saturated heterocycles. The number of rotatable bonds is 1. The summed E-state index contributed by atoms with van der Waals surface area (Å²) in [7, 11) is 0. The first-order valence-electron chi connectivity index (χ1n) is 5.68. The summed E-state index contributed by atoms with van der Waals surface area (Å²) in [5.41, 5.74) is 7.33. The van der Waals surface area contributed by atoms with Crippen LogP contribution >= 0.6 is 0 Å². The van der Waals surface area contributed by atoms with E-state index in [4.69, 9.17) is 10.5 Å². The van der Waals surface area contributed by atoms with Crippen LogP contribution in [0.25, 0.3) is 0 Å². The van der Waals surface area contributed by atoms with E-state index in [1.165, 1.54) is 12.1 Å². The molecular formula is C12H15FN2O. The predicted octanol–water partition coefficient (Wildman–Crippen LogP) is 1.78. The molecule has 3 rings (SSSR count). The molecule has 0 amide bonds. The van der Waals surface area contributed by atoms with Crippen LogP contribution in [0.5, 0.6) is 0 Å². The van der Waals surface area contributed by atoms with Crippen molar-refractivity contribution < 1.29 is 9.13 Å². The molecule has 2 atom stereocenters. The third-order valence-electron chi connectivity index (χ3n) is 3.38. The zero-order chi connectivity index (χ0) is 11.1. The van der Waals surface area contributed by atoms with E-state index in [1.54, 1.807) is 6.07 Å². The number of nitrogens with zero attached hydrogens (tertiary/aromatic N) is 1. The first-order chi connectivity index (χ1) is 7.72. The molecule has 2 N–H and O–H groups in total. The van der Waals surface area contributed by atoms with E-state index >= 15 is 0 Å². The number of ether oxygens (including phenoxy) is 1. The van der Waals surface area contributed by atoms with E-state index in [0.717, 1.165) is 31.6 Å². The molecule has 1 aromatic rings. The number of halogens is 1. The van der Waals surface area contributed by atoms with Crippen molar-refractivity contribution in [3.63, 3.8) is 0 Å². The summed E-state index contributed by atoms with van der Waals surface area (Å²) >= 11 is 0. The van der Waals surface area contributed by atoms with Crippen molar-refractivity contribution >= 4 is 11.4 Å². The fraction of sp³-hybridized carbons (Fsp3) is 0.500. The maximum absolute atomic E-state index is 13.2. The van der Waals surface area contributed by atoms with Gasteiger partial charge in [0.2, 0.25) is 0 Å². The molecule has 0 spiro atoms. The van der Waals surface area contributed by atoms with Crippen LogP contribution in [0.2, 0.25) is 0 Å². The van der Waals surface area contributed by atoms with Crippen molar-refractivity contribution in [1.29, 1.82) is 0 Å². The van der Waals surface area contributed by atoms with Crippen LogP contribution in [0.3, 0.4) is 0 Å². The van der Waals surface area contributed by atoms with Gasteiger partial charge in [-0.1, -0.05) is 0 Å². The third-order valence-corrected chi connectivity index (χ3v) is 3.38. The SMILES string of the molecule is Nc1ccc(F)cc1N1CC2CCC(C1)O2. The fourth-order valence-electron chi connectivity index (χ4n) is 2.60. The summed E-state index contributed by atoms with van der Waals surface area (Å²) in [4.78, 5) is 2.14. The monoisotopic (exact) mass is 222 g/mol. The van der Waals surface area contributed by atoms with Gasteiger partial charge in [0, 0.05) is 13.1 Å². The van der Waals surface area contributed by atoms with Crippen molar-refractivity contribution in [2.75, 3.05) is 23.7 Å². The Morgan fingerprint density at radius 1 is 1.25 bits per heavy atom. The normalized spacial score (nSPS) is 28.4. The van der Waals surface area contributed by atoms with Crippen LogP contribution in [0, 0.1) is 5.82 Å². The first kappa shape index (κ1) is 9.90. The summed E-state index contributed by atoms with van der Waals surface area (Å²) in [6, 6.07) is 4.54. The highest BCUT2D eigenvalue weighted by molar-refractivity contribution is 5.67. The largest absolute Gasteiger partial charge is 0.397 e. The molecular weight excluding hydrogens is 207 g/mol. The van der Waals surface area contributed by atoms with Crippen LogP contribution in [-0.2, 0) is 4.74 Å². The van der Waals surface area contributed by atoms with Gasteiger partial charge in [-0.3, -0.25) is 0 Å². The molecule has 2 bridgehead atoms. The number of hydrogen-bond acceptors (Lipinski definition) is 3. The molecule has 16 heavy (non-hydrogen) atoms. The molecule has 3 nitrogen and oxygen atoms in total. The van der Waals surface area contributed by atoms with Gasteiger partial charge >= 0.3 is 0 Å². The number of fused-ring (bicyclic) bond motifs is 2. The van der Waals surface area contributed by atoms with Crippen LogP contribution in [-0.4, -0.2) is 25.3 Å². The number of hydrogen-bond donors (Lipinski definition) is 1. The highest BCUT2D eigenvalue weighted by Crippen LogP contribution is 2.32. The lowest BCUT2D eigenvalue weighted by Crippen LogP contribution is -2.42. The average molecular weight is 222 g/mol. The molecule has 2 aliphatic rings. The predicted molar refractivity (Wildman–Crippen MR) is 60.9 cm³/mol. The molecule has 0 saturated carbocycles. The third kappa shape index (κ3) is 1.63. The Hall–Kier alpha value is -1.29. The van der Waals surface area contributed by atoms with Gasteiger partial charge in [0.15, 0.2) is 0 Å². The Morgan fingerprint density at radius 3 is 2.62 bits per heavy atom. The lowest BCUT2D eigenvalue weighted by Gasteiger charge is -2.34. The van der Waals surface area contributed by atoms with Crippen molar-refractivity contribution in [3.8, 4) is 0 Å². The molecule has 2 heterocycles. The second kappa shape index (κ2) is 3.63. The van der Waals surface area contributed by atoms with Crippen molar-refractivity contribution in [2.45, 2.75) is 25.0 Å². The number of benzene rings is 1. The van der Waals surface area contributed by atoms with Gasteiger partial charge in [0.05, 0.1) is 23.6 Å². The van der Waals surface area contributed by atoms with Crippen molar-refractivity contribution in [2.24, 2.45) is 0 Å². The van der Waals surface area contributed by atoms with E-state index in [9.17, 15) is 4.39 Å².